The summed E-state index contributed by atoms with van der Waals surface area (Å²) in [5.41, 5.74) is 1.01. The molecule has 1 aliphatic rings. The zero-order valence-electron chi connectivity index (χ0n) is 16.2. The second-order valence-corrected chi connectivity index (χ2v) is 10.5. The zero-order valence-corrected chi connectivity index (χ0v) is 18.6. The van der Waals surface area contributed by atoms with Crippen molar-refractivity contribution in [2.75, 3.05) is 45.5 Å². The third-order valence-electron chi connectivity index (χ3n) is 4.21. The Kier molecular flexibility index (Phi) is 10.1. The summed E-state index contributed by atoms with van der Waals surface area (Å²) in [6.45, 7) is 8.10. The number of piperazine rings is 1. The number of halogens is 1. The fraction of sp³-hybridized carbons (Fsp3) is 0.611. The molecule has 1 N–H and O–H groups in total. The maximum absolute atomic E-state index is 12.1. The minimum Gasteiger partial charge on any atom is -0.355 e. The van der Waals surface area contributed by atoms with Crippen LogP contribution in [0.2, 0.25) is 0 Å². The van der Waals surface area contributed by atoms with E-state index in [1.165, 1.54) is 15.5 Å². The van der Waals surface area contributed by atoms with Gasteiger partial charge in [-0.15, -0.1) is 24.2 Å². The van der Waals surface area contributed by atoms with Gasteiger partial charge in [-0.3, -0.25) is 9.69 Å². The van der Waals surface area contributed by atoms with Crippen LogP contribution >= 0.6 is 24.2 Å². The van der Waals surface area contributed by atoms with E-state index in [0.717, 1.165) is 12.1 Å². The average Bonchev–Trinajstić information content (AvgIpc) is 2.56. The van der Waals surface area contributed by atoms with Gasteiger partial charge in [0, 0.05) is 49.4 Å². The lowest BCUT2D eigenvalue weighted by Crippen LogP contribution is -2.49. The molecule has 1 fully saturated rings. The van der Waals surface area contributed by atoms with Crippen LogP contribution < -0.4 is 5.32 Å². The van der Waals surface area contributed by atoms with E-state index in [4.69, 9.17) is 0 Å². The topological polar surface area (TPSA) is 69.7 Å². The van der Waals surface area contributed by atoms with Gasteiger partial charge < -0.3 is 5.32 Å². The Bertz CT molecular complexity index is 688. The van der Waals surface area contributed by atoms with Crippen LogP contribution in [0.4, 0.5) is 0 Å². The van der Waals surface area contributed by atoms with Gasteiger partial charge in [0.2, 0.25) is 15.9 Å². The van der Waals surface area contributed by atoms with Crippen molar-refractivity contribution in [1.29, 1.82) is 0 Å². The molecule has 1 aliphatic heterocycles. The molecule has 1 amide bonds. The number of nitrogens with zero attached hydrogens (tertiary/aromatic N) is 2. The third kappa shape index (κ3) is 8.83. The number of rotatable bonds is 8. The van der Waals surface area contributed by atoms with Crippen molar-refractivity contribution in [1.82, 2.24) is 14.5 Å². The van der Waals surface area contributed by atoms with Crippen LogP contribution in [-0.2, 0) is 21.2 Å². The second kappa shape index (κ2) is 11.3. The Labute approximate surface area is 173 Å². The lowest BCUT2D eigenvalue weighted by Gasteiger charge is -2.33. The SMILES string of the molecule is CC(C)Sc1ccc(CC(=O)NCCN2CCN(S(C)(=O)=O)CC2)cc1.Cl. The first-order valence-corrected chi connectivity index (χ1v) is 11.7. The molecule has 2 rings (SSSR count). The van der Waals surface area contributed by atoms with Crippen molar-refractivity contribution >= 4 is 40.1 Å². The minimum atomic E-state index is -3.09. The maximum atomic E-state index is 12.1. The molecule has 0 bridgehead atoms. The number of hydrogen-bond acceptors (Lipinski definition) is 5. The molecule has 27 heavy (non-hydrogen) atoms. The molecule has 0 unspecified atom stereocenters. The number of thioether (sulfide) groups is 1. The highest BCUT2D eigenvalue weighted by molar-refractivity contribution is 7.99. The molecule has 1 aromatic rings. The maximum Gasteiger partial charge on any atom is 0.224 e. The van der Waals surface area contributed by atoms with E-state index in [2.05, 4.69) is 36.2 Å². The third-order valence-corrected chi connectivity index (χ3v) is 6.53. The van der Waals surface area contributed by atoms with E-state index < -0.39 is 10.0 Å². The van der Waals surface area contributed by atoms with E-state index in [9.17, 15) is 13.2 Å². The predicted molar refractivity (Wildman–Crippen MR) is 114 cm³/mol. The summed E-state index contributed by atoms with van der Waals surface area (Å²) >= 11 is 1.81. The van der Waals surface area contributed by atoms with E-state index in [1.54, 1.807) is 0 Å². The first-order chi connectivity index (χ1) is 12.2. The van der Waals surface area contributed by atoms with Crippen LogP contribution in [0.5, 0.6) is 0 Å². The summed E-state index contributed by atoms with van der Waals surface area (Å²) in [6.07, 6.45) is 1.63. The van der Waals surface area contributed by atoms with Crippen molar-refractivity contribution in [2.45, 2.75) is 30.4 Å². The van der Waals surface area contributed by atoms with E-state index in [0.29, 0.717) is 44.4 Å². The van der Waals surface area contributed by atoms with E-state index in [-0.39, 0.29) is 18.3 Å². The minimum absolute atomic E-state index is 0. The molecule has 154 valence electrons. The smallest absolute Gasteiger partial charge is 0.224 e. The molecule has 9 heteroatoms. The highest BCUT2D eigenvalue weighted by atomic mass is 35.5. The van der Waals surface area contributed by atoms with Gasteiger partial charge in [-0.1, -0.05) is 26.0 Å². The Balaban J connectivity index is 0.00000364. The van der Waals surface area contributed by atoms with Gasteiger partial charge in [0.25, 0.3) is 0 Å². The molecular formula is C18H30ClN3O3S2. The fourth-order valence-corrected chi connectivity index (χ4v) is 4.51. The molecule has 1 heterocycles. The van der Waals surface area contributed by atoms with Crippen molar-refractivity contribution in [3.8, 4) is 0 Å². The lowest BCUT2D eigenvalue weighted by atomic mass is 10.1. The quantitative estimate of drug-likeness (QED) is 0.631. The Morgan fingerprint density at radius 1 is 1.15 bits per heavy atom. The van der Waals surface area contributed by atoms with E-state index in [1.807, 2.05) is 23.9 Å². The number of hydrogen-bond donors (Lipinski definition) is 1. The molecule has 6 nitrogen and oxygen atoms in total. The molecule has 0 radical (unpaired) electrons. The van der Waals surface area contributed by atoms with Crippen molar-refractivity contribution < 1.29 is 13.2 Å². The van der Waals surface area contributed by atoms with Gasteiger partial charge >= 0.3 is 0 Å². The Hall–Kier alpha value is -0.800. The Morgan fingerprint density at radius 2 is 1.74 bits per heavy atom. The van der Waals surface area contributed by atoms with Gasteiger partial charge in [-0.25, -0.2) is 8.42 Å². The largest absolute Gasteiger partial charge is 0.355 e. The zero-order chi connectivity index (χ0) is 19.2. The van der Waals surface area contributed by atoms with Gasteiger partial charge in [0.15, 0.2) is 0 Å². The highest BCUT2D eigenvalue weighted by Gasteiger charge is 2.22. The normalized spacial score (nSPS) is 16.1. The summed E-state index contributed by atoms with van der Waals surface area (Å²) in [6, 6.07) is 8.15. The summed E-state index contributed by atoms with van der Waals surface area (Å²) in [7, 11) is -3.09. The molecule has 0 aromatic heterocycles. The standard InChI is InChI=1S/C18H29N3O3S2.ClH/c1-15(2)25-17-6-4-16(5-7-17)14-18(22)19-8-9-20-10-12-21(13-11-20)26(3,23)24;/h4-7,15H,8-14H2,1-3H3,(H,19,22);1H. The fourth-order valence-electron chi connectivity index (χ4n) is 2.84. The van der Waals surface area contributed by atoms with Crippen LogP contribution in [0.1, 0.15) is 19.4 Å². The number of carbonyl (C=O) groups is 1. The highest BCUT2D eigenvalue weighted by Crippen LogP contribution is 2.22. The Morgan fingerprint density at radius 3 is 2.26 bits per heavy atom. The van der Waals surface area contributed by atoms with Gasteiger partial charge in [-0.2, -0.15) is 4.31 Å². The molecule has 1 aromatic carbocycles. The predicted octanol–water partition coefficient (Wildman–Crippen LogP) is 1.84. The number of amides is 1. The first kappa shape index (κ1) is 24.2. The second-order valence-electron chi connectivity index (χ2n) is 6.84. The molecule has 0 atom stereocenters. The molecule has 1 saturated heterocycles. The van der Waals surface area contributed by atoms with Crippen LogP contribution in [0.15, 0.2) is 29.2 Å². The summed E-state index contributed by atoms with van der Waals surface area (Å²) in [5.74, 6) is 0.0176. The van der Waals surface area contributed by atoms with Crippen LogP contribution in [0, 0.1) is 0 Å². The summed E-state index contributed by atoms with van der Waals surface area (Å²) in [4.78, 5) is 15.5. The van der Waals surface area contributed by atoms with Gasteiger partial charge in [-0.05, 0) is 17.7 Å². The summed E-state index contributed by atoms with van der Waals surface area (Å²) in [5, 5.41) is 3.49. The lowest BCUT2D eigenvalue weighted by molar-refractivity contribution is -0.120. The van der Waals surface area contributed by atoms with Crippen molar-refractivity contribution in [3.63, 3.8) is 0 Å². The van der Waals surface area contributed by atoms with Crippen LogP contribution in [0.3, 0.4) is 0 Å². The average molecular weight is 436 g/mol. The molecule has 0 spiro atoms. The number of nitrogens with one attached hydrogen (secondary N) is 1. The number of carbonyl (C=O) groups excluding carboxylic acids is 1. The van der Waals surface area contributed by atoms with Crippen LogP contribution in [0.25, 0.3) is 0 Å². The molecule has 0 saturated carbocycles. The number of benzene rings is 1. The van der Waals surface area contributed by atoms with Gasteiger partial charge in [0.1, 0.15) is 0 Å². The van der Waals surface area contributed by atoms with Gasteiger partial charge in [0.05, 0.1) is 12.7 Å². The van der Waals surface area contributed by atoms with E-state index >= 15 is 0 Å². The molecular weight excluding hydrogens is 406 g/mol. The first-order valence-electron chi connectivity index (χ1n) is 8.94. The monoisotopic (exact) mass is 435 g/mol. The van der Waals surface area contributed by atoms with Crippen molar-refractivity contribution in [2.24, 2.45) is 0 Å². The van der Waals surface area contributed by atoms with Crippen LogP contribution in [-0.4, -0.2) is 74.3 Å². The van der Waals surface area contributed by atoms with Crippen molar-refractivity contribution in [3.05, 3.63) is 29.8 Å². The molecule has 0 aliphatic carbocycles. The number of sulfonamides is 1. The summed E-state index contributed by atoms with van der Waals surface area (Å²) < 4.78 is 24.5.